The molecule has 0 saturated heterocycles. The number of nitrogens with zero attached hydrogens (tertiary/aromatic N) is 1. The van der Waals surface area contributed by atoms with Crippen molar-refractivity contribution in [2.75, 3.05) is 0 Å². The average molecular weight is 559 g/mol. The lowest BCUT2D eigenvalue weighted by Crippen LogP contribution is -2.26. The Kier molecular flexibility index (Phi) is 9.25. The summed E-state index contributed by atoms with van der Waals surface area (Å²) in [5.41, 5.74) is 10.5. The van der Waals surface area contributed by atoms with E-state index in [2.05, 4.69) is 123 Å². The number of benzene rings is 4. The molecule has 0 unspecified atom stereocenters. The Labute approximate surface area is 248 Å². The summed E-state index contributed by atoms with van der Waals surface area (Å²) >= 11 is 0. The number of rotatable bonds is 6. The molecule has 0 fully saturated rings. The second-order valence-corrected chi connectivity index (χ2v) is 11.7. The Morgan fingerprint density at radius 1 is 0.833 bits per heavy atom. The highest BCUT2D eigenvalue weighted by atomic mass is 16.2. The van der Waals surface area contributed by atoms with Crippen molar-refractivity contribution in [2.24, 2.45) is 0 Å². The molecule has 4 aromatic carbocycles. The van der Waals surface area contributed by atoms with E-state index in [0.717, 1.165) is 23.0 Å². The highest BCUT2D eigenvalue weighted by molar-refractivity contribution is 5.99. The lowest BCUT2D eigenvalue weighted by atomic mass is 9.86. The quantitative estimate of drug-likeness (QED) is 0.228. The molecule has 0 bridgehead atoms. The fourth-order valence-electron chi connectivity index (χ4n) is 5.25. The van der Waals surface area contributed by atoms with E-state index < -0.39 is 0 Å². The SMILES string of the molecule is Cc1c(C)n(Cc2ccc(-c3ccccc3)cc2)c2ccc(C(=O)N[C@@H](C)c3ccc(C(C)(C)C)cc3)cc12.O=C=O. The first-order chi connectivity index (χ1) is 20.0. The minimum absolute atomic E-state index is 0.0504. The van der Waals surface area contributed by atoms with Gasteiger partial charge >= 0.3 is 6.15 Å². The summed E-state index contributed by atoms with van der Waals surface area (Å²) in [5.74, 6) is -0.0504. The van der Waals surface area contributed by atoms with Crippen LogP contribution in [0.4, 0.5) is 0 Å². The lowest BCUT2D eigenvalue weighted by Gasteiger charge is -2.20. The molecule has 1 aromatic heterocycles. The largest absolute Gasteiger partial charge is 0.373 e. The molecule has 0 spiro atoms. The van der Waals surface area contributed by atoms with Gasteiger partial charge < -0.3 is 9.88 Å². The molecule has 5 rings (SSSR count). The van der Waals surface area contributed by atoms with Gasteiger partial charge in [0.25, 0.3) is 5.91 Å². The van der Waals surface area contributed by atoms with Gasteiger partial charge in [-0.2, -0.15) is 9.59 Å². The molecule has 1 atom stereocenters. The van der Waals surface area contributed by atoms with Crippen molar-refractivity contribution in [1.82, 2.24) is 9.88 Å². The van der Waals surface area contributed by atoms with Crippen LogP contribution in [0.2, 0.25) is 0 Å². The van der Waals surface area contributed by atoms with Crippen LogP contribution in [0.15, 0.2) is 97.1 Å². The van der Waals surface area contributed by atoms with Gasteiger partial charge in [0, 0.05) is 28.7 Å². The summed E-state index contributed by atoms with van der Waals surface area (Å²) < 4.78 is 2.35. The van der Waals surface area contributed by atoms with Crippen molar-refractivity contribution in [3.63, 3.8) is 0 Å². The van der Waals surface area contributed by atoms with Crippen molar-refractivity contribution < 1.29 is 14.4 Å². The summed E-state index contributed by atoms with van der Waals surface area (Å²) in [7, 11) is 0. The molecule has 1 N–H and O–H groups in total. The van der Waals surface area contributed by atoms with Gasteiger partial charge in [-0.25, -0.2) is 0 Å². The van der Waals surface area contributed by atoms with Crippen LogP contribution in [0.1, 0.15) is 72.0 Å². The summed E-state index contributed by atoms with van der Waals surface area (Å²) in [6.07, 6.45) is 0.250. The van der Waals surface area contributed by atoms with Crippen molar-refractivity contribution in [3.8, 4) is 11.1 Å². The molecule has 0 radical (unpaired) electrons. The fraction of sp³-hybridized carbons (Fsp3) is 0.243. The van der Waals surface area contributed by atoms with Crippen LogP contribution < -0.4 is 5.32 Å². The van der Waals surface area contributed by atoms with Crippen LogP contribution in [-0.4, -0.2) is 16.6 Å². The Balaban J connectivity index is 0.00000129. The summed E-state index contributed by atoms with van der Waals surface area (Å²) in [6.45, 7) is 13.8. The lowest BCUT2D eigenvalue weighted by molar-refractivity contribution is -0.191. The van der Waals surface area contributed by atoms with E-state index in [-0.39, 0.29) is 23.5 Å². The van der Waals surface area contributed by atoms with Gasteiger partial charge in [0.05, 0.1) is 6.04 Å². The number of amides is 1. The molecule has 0 saturated carbocycles. The maximum Gasteiger partial charge on any atom is 0.373 e. The van der Waals surface area contributed by atoms with Crippen LogP contribution in [0.5, 0.6) is 0 Å². The first-order valence-electron chi connectivity index (χ1n) is 14.2. The molecule has 0 aliphatic heterocycles. The molecular weight excluding hydrogens is 520 g/mol. The number of hydrogen-bond donors (Lipinski definition) is 1. The molecule has 5 nitrogen and oxygen atoms in total. The maximum atomic E-state index is 13.2. The molecule has 0 aliphatic carbocycles. The van der Waals surface area contributed by atoms with E-state index in [0.29, 0.717) is 5.56 Å². The molecule has 214 valence electrons. The minimum atomic E-state index is -0.0755. The first-order valence-corrected chi connectivity index (χ1v) is 14.2. The van der Waals surface area contributed by atoms with Gasteiger partial charge in [0.2, 0.25) is 0 Å². The molecule has 1 heterocycles. The Hall–Kier alpha value is -4.73. The van der Waals surface area contributed by atoms with Gasteiger partial charge in [0.1, 0.15) is 0 Å². The molecule has 0 aliphatic rings. The summed E-state index contributed by atoms with van der Waals surface area (Å²) in [4.78, 5) is 29.5. The van der Waals surface area contributed by atoms with Gasteiger partial charge in [-0.3, -0.25) is 4.79 Å². The van der Waals surface area contributed by atoms with E-state index in [1.165, 1.54) is 33.5 Å². The first kappa shape index (κ1) is 30.2. The maximum absolute atomic E-state index is 13.2. The second kappa shape index (κ2) is 12.8. The summed E-state index contributed by atoms with van der Waals surface area (Å²) in [5, 5.41) is 4.32. The Morgan fingerprint density at radius 3 is 2.02 bits per heavy atom. The van der Waals surface area contributed by atoms with Gasteiger partial charge in [-0.05, 0) is 77.8 Å². The normalized spacial score (nSPS) is 11.8. The van der Waals surface area contributed by atoms with Gasteiger partial charge in [-0.15, -0.1) is 0 Å². The molecule has 1 amide bonds. The van der Waals surface area contributed by atoms with Crippen molar-refractivity contribution in [2.45, 2.75) is 59.5 Å². The average Bonchev–Trinajstić information content (AvgIpc) is 3.22. The van der Waals surface area contributed by atoms with Crippen LogP contribution >= 0.6 is 0 Å². The number of nitrogens with one attached hydrogen (secondary N) is 1. The topological polar surface area (TPSA) is 68.2 Å². The van der Waals surface area contributed by atoms with Gasteiger partial charge in [-0.1, -0.05) is 99.6 Å². The van der Waals surface area contributed by atoms with Crippen LogP contribution in [0.3, 0.4) is 0 Å². The minimum Gasteiger partial charge on any atom is -0.346 e. The third kappa shape index (κ3) is 6.76. The third-order valence-corrected chi connectivity index (χ3v) is 7.93. The predicted octanol–water partition coefficient (Wildman–Crippen LogP) is 8.18. The van der Waals surface area contributed by atoms with Crippen molar-refractivity contribution >= 4 is 23.0 Å². The zero-order valence-electron chi connectivity index (χ0n) is 25.2. The third-order valence-electron chi connectivity index (χ3n) is 7.93. The number of aryl methyl sites for hydroxylation is 1. The monoisotopic (exact) mass is 558 g/mol. The zero-order valence-corrected chi connectivity index (χ0v) is 25.2. The number of carbonyl (C=O) groups excluding carboxylic acids is 3. The molecule has 5 aromatic rings. The van der Waals surface area contributed by atoms with E-state index in [4.69, 9.17) is 9.59 Å². The smallest absolute Gasteiger partial charge is 0.346 e. The second-order valence-electron chi connectivity index (χ2n) is 11.7. The molecule has 42 heavy (non-hydrogen) atoms. The van der Waals surface area contributed by atoms with Gasteiger partial charge in [0.15, 0.2) is 0 Å². The number of hydrogen-bond acceptors (Lipinski definition) is 3. The Bertz CT molecular complexity index is 1700. The van der Waals surface area contributed by atoms with E-state index in [1.807, 2.05) is 25.1 Å². The standard InChI is InChI=1S/C36H38N2O.CO2/c1-24-26(3)38(23-27-12-14-30(15-13-27)29-10-8-7-9-11-29)34-21-18-31(22-33(24)34)35(39)37-25(2)28-16-19-32(20-17-28)36(4,5)6;2-1-3/h7-22,25H,23H2,1-6H3,(H,37,39);/t25-;/m0./s1. The highest BCUT2D eigenvalue weighted by Gasteiger charge is 2.18. The molecule has 5 heteroatoms. The van der Waals surface area contributed by atoms with E-state index in [1.54, 1.807) is 0 Å². The fourth-order valence-corrected chi connectivity index (χ4v) is 5.25. The van der Waals surface area contributed by atoms with Crippen LogP contribution in [0.25, 0.3) is 22.0 Å². The van der Waals surface area contributed by atoms with E-state index in [9.17, 15) is 4.79 Å². The van der Waals surface area contributed by atoms with Crippen LogP contribution in [0, 0.1) is 13.8 Å². The Morgan fingerprint density at radius 2 is 1.43 bits per heavy atom. The zero-order chi connectivity index (χ0) is 30.4. The van der Waals surface area contributed by atoms with Crippen LogP contribution in [-0.2, 0) is 21.5 Å². The highest BCUT2D eigenvalue weighted by Crippen LogP contribution is 2.29. The summed E-state index contributed by atoms with van der Waals surface area (Å²) in [6, 6.07) is 33.8. The molecular formula is C37H38N2O3. The van der Waals surface area contributed by atoms with Crippen molar-refractivity contribution in [1.29, 1.82) is 0 Å². The predicted molar refractivity (Wildman–Crippen MR) is 168 cm³/mol. The number of carbonyl (C=O) groups is 1. The number of aromatic nitrogens is 1. The van der Waals surface area contributed by atoms with E-state index >= 15 is 0 Å². The van der Waals surface area contributed by atoms with Crippen molar-refractivity contribution in [3.05, 3.63) is 131 Å². The number of fused-ring (bicyclic) bond motifs is 1.